The van der Waals surface area contributed by atoms with Gasteiger partial charge >= 0.3 is 0 Å². The van der Waals surface area contributed by atoms with Gasteiger partial charge in [-0.25, -0.2) is 4.39 Å². The van der Waals surface area contributed by atoms with Crippen molar-refractivity contribution in [3.8, 4) is 0 Å². The molecule has 0 aliphatic heterocycles. The quantitative estimate of drug-likeness (QED) is 0.838. The number of anilines is 1. The molecule has 1 amide bonds. The molecule has 0 heterocycles. The molecule has 0 aromatic heterocycles. The SMILES string of the molecule is O=C(CN(CCO)C1CCCC1)Nc1ccc(F)cc1. The highest BCUT2D eigenvalue weighted by Gasteiger charge is 2.23. The zero-order valence-electron chi connectivity index (χ0n) is 11.5. The van der Waals surface area contributed by atoms with Crippen molar-refractivity contribution in [1.82, 2.24) is 4.90 Å². The van der Waals surface area contributed by atoms with Crippen LogP contribution in [0.4, 0.5) is 10.1 Å². The van der Waals surface area contributed by atoms with Crippen molar-refractivity contribution in [2.75, 3.05) is 25.0 Å². The summed E-state index contributed by atoms with van der Waals surface area (Å²) in [6.45, 7) is 0.838. The van der Waals surface area contributed by atoms with Crippen LogP contribution in [-0.2, 0) is 4.79 Å². The second-order valence-electron chi connectivity index (χ2n) is 5.19. The van der Waals surface area contributed by atoms with Gasteiger partial charge in [0.25, 0.3) is 0 Å². The number of aliphatic hydroxyl groups is 1. The summed E-state index contributed by atoms with van der Waals surface area (Å²) in [5.74, 6) is -0.451. The molecular weight excluding hydrogens is 259 g/mol. The van der Waals surface area contributed by atoms with Gasteiger partial charge in [0.2, 0.25) is 5.91 Å². The summed E-state index contributed by atoms with van der Waals surface area (Å²) in [5, 5.41) is 11.9. The molecule has 2 N–H and O–H groups in total. The highest BCUT2D eigenvalue weighted by atomic mass is 19.1. The number of nitrogens with one attached hydrogen (secondary N) is 1. The summed E-state index contributed by atoms with van der Waals surface area (Å²) < 4.78 is 12.8. The van der Waals surface area contributed by atoms with Crippen LogP contribution in [0.15, 0.2) is 24.3 Å². The van der Waals surface area contributed by atoms with Crippen molar-refractivity contribution in [2.45, 2.75) is 31.7 Å². The number of hydrogen-bond donors (Lipinski definition) is 2. The van der Waals surface area contributed by atoms with E-state index in [2.05, 4.69) is 5.32 Å². The maximum absolute atomic E-state index is 12.8. The highest BCUT2D eigenvalue weighted by molar-refractivity contribution is 5.92. The molecule has 110 valence electrons. The zero-order chi connectivity index (χ0) is 14.4. The van der Waals surface area contributed by atoms with Crippen LogP contribution in [0, 0.1) is 5.82 Å². The Hall–Kier alpha value is -1.46. The third-order valence-electron chi connectivity index (χ3n) is 3.70. The molecule has 0 saturated heterocycles. The average Bonchev–Trinajstić information content (AvgIpc) is 2.95. The first kappa shape index (κ1) is 14.9. The van der Waals surface area contributed by atoms with Gasteiger partial charge in [-0.15, -0.1) is 0 Å². The van der Waals surface area contributed by atoms with Crippen LogP contribution in [0.1, 0.15) is 25.7 Å². The third-order valence-corrected chi connectivity index (χ3v) is 3.70. The summed E-state index contributed by atoms with van der Waals surface area (Å²) >= 11 is 0. The van der Waals surface area contributed by atoms with Gasteiger partial charge in [0, 0.05) is 18.3 Å². The molecule has 4 nitrogen and oxygen atoms in total. The molecule has 20 heavy (non-hydrogen) atoms. The summed E-state index contributed by atoms with van der Waals surface area (Å²) in [5.41, 5.74) is 0.590. The predicted octanol–water partition coefficient (Wildman–Crippen LogP) is 2.00. The van der Waals surface area contributed by atoms with E-state index < -0.39 is 0 Å². The second-order valence-corrected chi connectivity index (χ2v) is 5.19. The van der Waals surface area contributed by atoms with Crippen LogP contribution >= 0.6 is 0 Å². The van der Waals surface area contributed by atoms with Crippen LogP contribution in [0.3, 0.4) is 0 Å². The molecule has 1 aliphatic rings. The van der Waals surface area contributed by atoms with Gasteiger partial charge in [-0.3, -0.25) is 9.69 Å². The van der Waals surface area contributed by atoms with E-state index in [0.717, 1.165) is 12.8 Å². The third kappa shape index (κ3) is 4.28. The number of carbonyl (C=O) groups excluding carboxylic acids is 1. The number of halogens is 1. The van der Waals surface area contributed by atoms with Crippen molar-refractivity contribution >= 4 is 11.6 Å². The molecule has 1 saturated carbocycles. The Labute approximate surface area is 118 Å². The monoisotopic (exact) mass is 280 g/mol. The molecule has 1 aromatic carbocycles. The Morgan fingerprint density at radius 1 is 1.30 bits per heavy atom. The summed E-state index contributed by atoms with van der Waals surface area (Å²) in [7, 11) is 0. The first-order valence-corrected chi connectivity index (χ1v) is 7.09. The highest BCUT2D eigenvalue weighted by Crippen LogP contribution is 2.23. The van der Waals surface area contributed by atoms with E-state index in [1.807, 2.05) is 4.90 Å². The average molecular weight is 280 g/mol. The van der Waals surface area contributed by atoms with E-state index in [1.54, 1.807) is 12.1 Å². The summed E-state index contributed by atoms with van der Waals surface area (Å²) in [6, 6.07) is 6.11. The standard InChI is InChI=1S/C15H21FN2O2/c16-12-5-7-13(8-6-12)17-15(20)11-18(9-10-19)14-3-1-2-4-14/h5-8,14,19H,1-4,9-11H2,(H,17,20). The van der Waals surface area contributed by atoms with E-state index >= 15 is 0 Å². The molecule has 0 radical (unpaired) electrons. The number of amides is 1. The summed E-state index contributed by atoms with van der Waals surface area (Å²) in [4.78, 5) is 14.0. The van der Waals surface area contributed by atoms with Crippen LogP contribution in [0.25, 0.3) is 0 Å². The minimum absolute atomic E-state index is 0.0559. The van der Waals surface area contributed by atoms with Crippen molar-refractivity contribution in [1.29, 1.82) is 0 Å². The number of hydrogen-bond acceptors (Lipinski definition) is 3. The number of benzene rings is 1. The molecule has 1 aromatic rings. The molecule has 0 unspecified atom stereocenters. The molecule has 1 fully saturated rings. The smallest absolute Gasteiger partial charge is 0.238 e. The van der Waals surface area contributed by atoms with Gasteiger partial charge in [0.1, 0.15) is 5.82 Å². The van der Waals surface area contributed by atoms with E-state index in [9.17, 15) is 9.18 Å². The Kier molecular flexibility index (Phi) is 5.49. The Morgan fingerprint density at radius 2 is 1.95 bits per heavy atom. The van der Waals surface area contributed by atoms with Crippen molar-refractivity contribution in [3.63, 3.8) is 0 Å². The van der Waals surface area contributed by atoms with Crippen molar-refractivity contribution in [2.24, 2.45) is 0 Å². The lowest BCUT2D eigenvalue weighted by Gasteiger charge is -2.27. The summed E-state index contributed by atoms with van der Waals surface area (Å²) in [6.07, 6.45) is 4.55. The molecular formula is C15H21FN2O2. The predicted molar refractivity (Wildman–Crippen MR) is 75.9 cm³/mol. The lowest BCUT2D eigenvalue weighted by atomic mass is 10.2. The zero-order valence-corrected chi connectivity index (χ0v) is 11.5. The van der Waals surface area contributed by atoms with Gasteiger partial charge in [-0.05, 0) is 37.1 Å². The minimum atomic E-state index is -0.323. The minimum Gasteiger partial charge on any atom is -0.395 e. The topological polar surface area (TPSA) is 52.6 Å². The fraction of sp³-hybridized carbons (Fsp3) is 0.533. The van der Waals surface area contributed by atoms with Gasteiger partial charge in [0.15, 0.2) is 0 Å². The first-order valence-electron chi connectivity index (χ1n) is 7.09. The van der Waals surface area contributed by atoms with E-state index in [4.69, 9.17) is 5.11 Å². The Morgan fingerprint density at radius 3 is 2.55 bits per heavy atom. The van der Waals surface area contributed by atoms with Gasteiger partial charge < -0.3 is 10.4 Å². The van der Waals surface area contributed by atoms with Crippen LogP contribution in [-0.4, -0.2) is 41.7 Å². The van der Waals surface area contributed by atoms with Crippen LogP contribution in [0.2, 0.25) is 0 Å². The molecule has 0 atom stereocenters. The fourth-order valence-corrected chi connectivity index (χ4v) is 2.71. The molecule has 0 spiro atoms. The molecule has 1 aliphatic carbocycles. The number of carbonyl (C=O) groups is 1. The van der Waals surface area contributed by atoms with E-state index in [1.165, 1.54) is 25.0 Å². The lowest BCUT2D eigenvalue weighted by Crippen LogP contribution is -2.41. The molecule has 0 bridgehead atoms. The lowest BCUT2D eigenvalue weighted by molar-refractivity contribution is -0.118. The Balaban J connectivity index is 1.88. The number of rotatable bonds is 6. The largest absolute Gasteiger partial charge is 0.395 e. The van der Waals surface area contributed by atoms with Crippen LogP contribution in [0.5, 0.6) is 0 Å². The second kappa shape index (κ2) is 7.36. The fourth-order valence-electron chi connectivity index (χ4n) is 2.71. The molecule has 2 rings (SSSR count). The first-order chi connectivity index (χ1) is 9.69. The van der Waals surface area contributed by atoms with E-state index in [-0.39, 0.29) is 24.9 Å². The van der Waals surface area contributed by atoms with Crippen molar-refractivity contribution < 1.29 is 14.3 Å². The maximum atomic E-state index is 12.8. The molecule has 5 heteroatoms. The Bertz CT molecular complexity index is 430. The van der Waals surface area contributed by atoms with Crippen LogP contribution < -0.4 is 5.32 Å². The van der Waals surface area contributed by atoms with E-state index in [0.29, 0.717) is 18.3 Å². The maximum Gasteiger partial charge on any atom is 0.238 e. The van der Waals surface area contributed by atoms with Gasteiger partial charge in [-0.1, -0.05) is 12.8 Å². The van der Waals surface area contributed by atoms with Crippen molar-refractivity contribution in [3.05, 3.63) is 30.1 Å². The van der Waals surface area contributed by atoms with Gasteiger partial charge in [-0.2, -0.15) is 0 Å². The normalized spacial score (nSPS) is 15.8. The number of nitrogens with zero attached hydrogens (tertiary/aromatic N) is 1. The van der Waals surface area contributed by atoms with Gasteiger partial charge in [0.05, 0.1) is 13.2 Å². The number of aliphatic hydroxyl groups excluding tert-OH is 1.